The van der Waals surface area contributed by atoms with E-state index in [9.17, 15) is 13.2 Å². The number of sulfonamides is 1. The molecule has 9 heteroatoms. The summed E-state index contributed by atoms with van der Waals surface area (Å²) in [6, 6.07) is 13.6. The molecule has 1 amide bonds. The van der Waals surface area contributed by atoms with Crippen molar-refractivity contribution in [3.05, 3.63) is 57.7 Å². The van der Waals surface area contributed by atoms with Gasteiger partial charge in [0.1, 0.15) is 0 Å². The molecule has 2 aromatic carbocycles. The second-order valence-corrected chi connectivity index (χ2v) is 10.4. The van der Waals surface area contributed by atoms with Crippen molar-refractivity contribution in [3.8, 4) is 0 Å². The van der Waals surface area contributed by atoms with Gasteiger partial charge in [-0.1, -0.05) is 18.9 Å². The van der Waals surface area contributed by atoms with Gasteiger partial charge in [-0.05, 0) is 90.1 Å². The molecule has 1 aliphatic rings. The van der Waals surface area contributed by atoms with Gasteiger partial charge in [-0.3, -0.25) is 10.1 Å². The number of nitrogens with zero attached hydrogens (tertiary/aromatic N) is 1. The molecule has 0 unspecified atom stereocenters. The van der Waals surface area contributed by atoms with Gasteiger partial charge in [0.25, 0.3) is 5.91 Å². The molecule has 1 heterocycles. The number of halogens is 1. The Morgan fingerprint density at radius 3 is 2.28 bits per heavy atom. The highest BCUT2D eigenvalue weighted by Crippen LogP contribution is 2.21. The van der Waals surface area contributed by atoms with Crippen molar-refractivity contribution in [1.82, 2.24) is 9.62 Å². The summed E-state index contributed by atoms with van der Waals surface area (Å²) in [6.45, 7) is 1.13. The second kappa shape index (κ2) is 9.96. The van der Waals surface area contributed by atoms with Crippen LogP contribution in [0, 0.1) is 3.57 Å². The molecule has 3 rings (SSSR count). The number of nitrogens with one attached hydrogen (secondary N) is 2. The summed E-state index contributed by atoms with van der Waals surface area (Å²) in [4.78, 5) is 12.5. The maximum Gasteiger partial charge on any atom is 0.257 e. The molecule has 1 aliphatic heterocycles. The molecule has 2 aromatic rings. The van der Waals surface area contributed by atoms with Crippen LogP contribution in [0.15, 0.2) is 53.4 Å². The first-order chi connectivity index (χ1) is 13.9. The normalized spacial score (nSPS) is 15.3. The van der Waals surface area contributed by atoms with Gasteiger partial charge in [-0.15, -0.1) is 0 Å². The Balaban J connectivity index is 1.62. The van der Waals surface area contributed by atoms with Crippen molar-refractivity contribution in [1.29, 1.82) is 0 Å². The van der Waals surface area contributed by atoms with Crippen molar-refractivity contribution in [2.75, 3.05) is 18.4 Å². The van der Waals surface area contributed by atoms with Gasteiger partial charge >= 0.3 is 0 Å². The Labute approximate surface area is 190 Å². The molecule has 1 saturated heterocycles. The second-order valence-electron chi connectivity index (χ2n) is 6.76. The maximum atomic E-state index is 12.8. The van der Waals surface area contributed by atoms with Gasteiger partial charge in [0.2, 0.25) is 10.0 Å². The van der Waals surface area contributed by atoms with Crippen LogP contribution in [-0.4, -0.2) is 36.8 Å². The molecule has 0 aliphatic carbocycles. The van der Waals surface area contributed by atoms with E-state index in [-0.39, 0.29) is 15.9 Å². The van der Waals surface area contributed by atoms with Gasteiger partial charge < -0.3 is 5.32 Å². The van der Waals surface area contributed by atoms with Crippen LogP contribution in [0.1, 0.15) is 36.0 Å². The predicted octanol–water partition coefficient (Wildman–Crippen LogP) is 3.98. The molecule has 0 spiro atoms. The van der Waals surface area contributed by atoms with E-state index in [1.165, 1.54) is 0 Å². The van der Waals surface area contributed by atoms with E-state index < -0.39 is 10.0 Å². The number of anilines is 1. The summed E-state index contributed by atoms with van der Waals surface area (Å²) < 4.78 is 28.2. The lowest BCUT2D eigenvalue weighted by molar-refractivity contribution is 0.0977. The first kappa shape index (κ1) is 22.1. The van der Waals surface area contributed by atoms with E-state index in [1.807, 2.05) is 6.07 Å². The third kappa shape index (κ3) is 5.97. The summed E-state index contributed by atoms with van der Waals surface area (Å²) >= 11 is 7.33. The van der Waals surface area contributed by atoms with Crippen LogP contribution < -0.4 is 10.6 Å². The summed E-state index contributed by atoms with van der Waals surface area (Å²) in [6.07, 6.45) is 3.93. The number of benzene rings is 2. The Morgan fingerprint density at radius 2 is 1.66 bits per heavy atom. The standard InChI is InChI=1S/C20H22IN3O3S2/c21-16-7-5-6-15(14-16)19(25)23-20(28)22-17-8-10-18(11-9-17)29(26,27)24-12-3-1-2-4-13-24/h5-11,14H,1-4,12-13H2,(H2,22,23,25,28). The summed E-state index contributed by atoms with van der Waals surface area (Å²) in [5, 5.41) is 5.69. The third-order valence-electron chi connectivity index (χ3n) is 4.63. The zero-order valence-corrected chi connectivity index (χ0v) is 19.5. The molecule has 1 fully saturated rings. The molecule has 154 valence electrons. The highest BCUT2D eigenvalue weighted by atomic mass is 127. The van der Waals surface area contributed by atoms with Crippen molar-refractivity contribution in [3.63, 3.8) is 0 Å². The van der Waals surface area contributed by atoms with Crippen LogP contribution in [0.25, 0.3) is 0 Å². The monoisotopic (exact) mass is 543 g/mol. The highest BCUT2D eigenvalue weighted by Gasteiger charge is 2.24. The molecule has 0 radical (unpaired) electrons. The van der Waals surface area contributed by atoms with Gasteiger partial charge in [0.05, 0.1) is 4.90 Å². The molecule has 29 heavy (non-hydrogen) atoms. The average molecular weight is 543 g/mol. The number of carbonyl (C=O) groups excluding carboxylic acids is 1. The Kier molecular flexibility index (Phi) is 7.60. The zero-order chi connectivity index (χ0) is 20.9. The van der Waals surface area contributed by atoms with Crippen molar-refractivity contribution >= 4 is 61.5 Å². The highest BCUT2D eigenvalue weighted by molar-refractivity contribution is 14.1. The predicted molar refractivity (Wildman–Crippen MR) is 127 cm³/mol. The third-order valence-corrected chi connectivity index (χ3v) is 7.42. The van der Waals surface area contributed by atoms with E-state index in [0.717, 1.165) is 29.3 Å². The van der Waals surface area contributed by atoms with E-state index in [0.29, 0.717) is 24.3 Å². The van der Waals surface area contributed by atoms with Crippen LogP contribution in [0.3, 0.4) is 0 Å². The Hall–Kier alpha value is -1.56. The zero-order valence-electron chi connectivity index (χ0n) is 15.7. The van der Waals surface area contributed by atoms with Crippen molar-refractivity contribution < 1.29 is 13.2 Å². The van der Waals surface area contributed by atoms with Crippen molar-refractivity contribution in [2.45, 2.75) is 30.6 Å². The quantitative estimate of drug-likeness (QED) is 0.451. The lowest BCUT2D eigenvalue weighted by Crippen LogP contribution is -2.34. The first-order valence-corrected chi connectivity index (χ1v) is 12.3. The lowest BCUT2D eigenvalue weighted by atomic mass is 10.2. The molecule has 0 aromatic heterocycles. The molecule has 0 bridgehead atoms. The fourth-order valence-corrected chi connectivity index (χ4v) is 5.38. The Bertz CT molecular complexity index is 986. The fourth-order valence-electron chi connectivity index (χ4n) is 3.11. The molecule has 2 N–H and O–H groups in total. The molecule has 6 nitrogen and oxygen atoms in total. The van der Waals surface area contributed by atoms with Crippen LogP contribution in [0.5, 0.6) is 0 Å². The minimum absolute atomic E-state index is 0.150. The minimum Gasteiger partial charge on any atom is -0.332 e. The summed E-state index contributed by atoms with van der Waals surface area (Å²) in [5.74, 6) is -0.304. The van der Waals surface area contributed by atoms with Gasteiger partial charge in [0, 0.05) is 27.9 Å². The summed E-state index contributed by atoms with van der Waals surface area (Å²) in [5.41, 5.74) is 1.12. The van der Waals surface area contributed by atoms with Crippen LogP contribution in [0.2, 0.25) is 0 Å². The summed E-state index contributed by atoms with van der Waals surface area (Å²) in [7, 11) is -3.49. The van der Waals surface area contributed by atoms with E-state index in [1.54, 1.807) is 46.8 Å². The smallest absolute Gasteiger partial charge is 0.257 e. The Morgan fingerprint density at radius 1 is 1.00 bits per heavy atom. The number of carbonyl (C=O) groups is 1. The average Bonchev–Trinajstić information content (AvgIpc) is 2.98. The van der Waals surface area contributed by atoms with E-state index >= 15 is 0 Å². The first-order valence-electron chi connectivity index (χ1n) is 9.34. The largest absolute Gasteiger partial charge is 0.332 e. The van der Waals surface area contributed by atoms with Crippen LogP contribution in [0.4, 0.5) is 5.69 Å². The van der Waals surface area contributed by atoms with Crippen LogP contribution in [-0.2, 0) is 10.0 Å². The fraction of sp³-hybridized carbons (Fsp3) is 0.300. The molecular weight excluding hydrogens is 521 g/mol. The van der Waals surface area contributed by atoms with E-state index in [4.69, 9.17) is 12.2 Å². The molecule has 0 saturated carbocycles. The molecule has 0 atom stereocenters. The number of thiocarbonyl (C=S) groups is 1. The van der Waals surface area contributed by atoms with Crippen LogP contribution >= 0.6 is 34.8 Å². The number of hydrogen-bond donors (Lipinski definition) is 2. The maximum absolute atomic E-state index is 12.8. The van der Waals surface area contributed by atoms with Crippen molar-refractivity contribution in [2.24, 2.45) is 0 Å². The topological polar surface area (TPSA) is 78.5 Å². The number of amides is 1. The van der Waals surface area contributed by atoms with Gasteiger partial charge in [-0.2, -0.15) is 4.31 Å². The van der Waals surface area contributed by atoms with E-state index in [2.05, 4.69) is 33.2 Å². The van der Waals surface area contributed by atoms with Gasteiger partial charge in [0.15, 0.2) is 5.11 Å². The number of hydrogen-bond acceptors (Lipinski definition) is 4. The SMILES string of the molecule is O=C(NC(=S)Nc1ccc(S(=O)(=O)N2CCCCCC2)cc1)c1cccc(I)c1. The molecular formula is C20H22IN3O3S2. The lowest BCUT2D eigenvalue weighted by Gasteiger charge is -2.20. The van der Waals surface area contributed by atoms with Gasteiger partial charge in [-0.25, -0.2) is 8.42 Å². The number of rotatable bonds is 4. The minimum atomic E-state index is -3.49.